The zero-order valence-corrected chi connectivity index (χ0v) is 9.12. The van der Waals surface area contributed by atoms with E-state index in [-0.39, 0.29) is 12.4 Å². The second-order valence-electron chi connectivity index (χ2n) is 3.17. The van der Waals surface area contributed by atoms with Gasteiger partial charge < -0.3 is 4.74 Å². The lowest BCUT2D eigenvalue weighted by Gasteiger charge is -2.09. The quantitative estimate of drug-likeness (QED) is 0.600. The van der Waals surface area contributed by atoms with Crippen molar-refractivity contribution in [2.75, 3.05) is 6.61 Å². The lowest BCUT2D eigenvalue weighted by atomic mass is 10.1. The summed E-state index contributed by atoms with van der Waals surface area (Å²) in [6.45, 7) is 1.82. The fraction of sp³-hybridized carbons (Fsp3) is 0.250. The Morgan fingerprint density at radius 3 is 2.35 bits per heavy atom. The first-order chi connectivity index (χ1) is 7.95. The molecule has 5 heteroatoms. The van der Waals surface area contributed by atoms with Crippen LogP contribution in [0.2, 0.25) is 0 Å². The van der Waals surface area contributed by atoms with E-state index in [0.717, 1.165) is 0 Å². The van der Waals surface area contributed by atoms with Crippen LogP contribution in [0.15, 0.2) is 36.4 Å². The van der Waals surface area contributed by atoms with E-state index >= 15 is 0 Å². The third kappa shape index (κ3) is 3.94. The molecule has 1 aromatic rings. The average Bonchev–Trinajstić information content (AvgIpc) is 2.28. The fourth-order valence-electron chi connectivity index (χ4n) is 1.17. The fourth-order valence-corrected chi connectivity index (χ4v) is 1.17. The molecule has 0 aliphatic rings. The van der Waals surface area contributed by atoms with Crippen molar-refractivity contribution >= 4 is 11.5 Å². The van der Waals surface area contributed by atoms with Gasteiger partial charge in [-0.05, 0) is 6.92 Å². The molecule has 92 valence electrons. The maximum atomic E-state index is 12.1. The van der Waals surface area contributed by atoms with Gasteiger partial charge >= 0.3 is 6.18 Å². The summed E-state index contributed by atoms with van der Waals surface area (Å²) in [5.41, 5.74) is 0.437. The van der Waals surface area contributed by atoms with Crippen LogP contribution in [0.4, 0.5) is 13.2 Å². The molecule has 0 bridgehead atoms. The Morgan fingerprint density at radius 2 is 1.88 bits per heavy atom. The highest BCUT2D eigenvalue weighted by Gasteiger charge is 2.37. The molecule has 0 aliphatic heterocycles. The molecule has 0 spiro atoms. The molecule has 2 nitrogen and oxygen atoms in total. The van der Waals surface area contributed by atoms with E-state index in [1.165, 1.54) is 0 Å². The molecule has 0 amide bonds. The van der Waals surface area contributed by atoms with Gasteiger partial charge in [0.1, 0.15) is 5.76 Å². The van der Waals surface area contributed by atoms with Crippen LogP contribution >= 0.6 is 0 Å². The normalized spacial score (nSPS) is 12.4. The molecule has 0 fully saturated rings. The predicted octanol–water partition coefficient (Wildman–Crippen LogP) is 3.20. The summed E-state index contributed by atoms with van der Waals surface area (Å²) in [6.07, 6.45) is -4.41. The highest BCUT2D eigenvalue weighted by atomic mass is 19.4. The van der Waals surface area contributed by atoms with Crippen molar-refractivity contribution in [2.45, 2.75) is 13.1 Å². The summed E-state index contributed by atoms with van der Waals surface area (Å²) >= 11 is 0. The second kappa shape index (κ2) is 5.52. The van der Waals surface area contributed by atoms with Crippen molar-refractivity contribution in [1.29, 1.82) is 0 Å². The monoisotopic (exact) mass is 244 g/mol. The molecule has 0 unspecified atom stereocenters. The van der Waals surface area contributed by atoms with E-state index in [1.807, 2.05) is 0 Å². The number of ether oxygens (including phenoxy) is 1. The summed E-state index contributed by atoms with van der Waals surface area (Å²) in [4.78, 5) is 10.8. The topological polar surface area (TPSA) is 26.3 Å². The van der Waals surface area contributed by atoms with E-state index in [9.17, 15) is 18.0 Å². The minimum absolute atomic E-state index is 0.0737. The lowest BCUT2D eigenvalue weighted by Crippen LogP contribution is -2.20. The summed E-state index contributed by atoms with van der Waals surface area (Å²) < 4.78 is 41.4. The highest BCUT2D eigenvalue weighted by Crippen LogP contribution is 2.21. The first-order valence-corrected chi connectivity index (χ1v) is 4.96. The number of allylic oxidation sites excluding steroid dienone is 1. The summed E-state index contributed by atoms with van der Waals surface area (Å²) in [6, 6.07) is 8.18. The Balaban J connectivity index is 3.02. The predicted molar refractivity (Wildman–Crippen MR) is 57.1 cm³/mol. The molecular formula is C12H11F3O2. The van der Waals surface area contributed by atoms with Crippen molar-refractivity contribution in [2.24, 2.45) is 0 Å². The molecule has 0 saturated carbocycles. The molecule has 0 heterocycles. The second-order valence-corrected chi connectivity index (χ2v) is 3.17. The zero-order valence-electron chi connectivity index (χ0n) is 9.12. The molecule has 0 radical (unpaired) electrons. The van der Waals surface area contributed by atoms with Crippen LogP contribution in [0.1, 0.15) is 12.5 Å². The van der Waals surface area contributed by atoms with Crippen LogP contribution in [-0.4, -0.2) is 18.6 Å². The third-order valence-electron chi connectivity index (χ3n) is 1.90. The largest absolute Gasteiger partial charge is 0.493 e. The van der Waals surface area contributed by atoms with Crippen LogP contribution in [0.5, 0.6) is 0 Å². The lowest BCUT2D eigenvalue weighted by molar-refractivity contribution is -0.165. The number of hydrogen-bond donors (Lipinski definition) is 0. The van der Waals surface area contributed by atoms with Gasteiger partial charge in [0.05, 0.1) is 6.61 Å². The summed E-state index contributed by atoms with van der Waals surface area (Å²) in [7, 11) is 0. The molecular weight excluding hydrogens is 233 g/mol. The molecule has 1 aromatic carbocycles. The number of carbonyl (C=O) groups excluding carboxylic acids is 1. The molecule has 0 aromatic heterocycles. The first kappa shape index (κ1) is 13.3. The Morgan fingerprint density at radius 1 is 1.29 bits per heavy atom. The minimum Gasteiger partial charge on any atom is -0.493 e. The molecule has 0 N–H and O–H groups in total. The van der Waals surface area contributed by atoms with E-state index in [2.05, 4.69) is 0 Å². The maximum absolute atomic E-state index is 12.1. The van der Waals surface area contributed by atoms with Crippen molar-refractivity contribution in [1.82, 2.24) is 0 Å². The first-order valence-electron chi connectivity index (χ1n) is 4.96. The van der Waals surface area contributed by atoms with Gasteiger partial charge in [0.2, 0.25) is 0 Å². The maximum Gasteiger partial charge on any atom is 0.454 e. The number of rotatable bonds is 4. The Bertz CT molecular complexity index is 408. The molecule has 0 saturated heterocycles. The van der Waals surface area contributed by atoms with Gasteiger partial charge in [0.15, 0.2) is 0 Å². The van der Waals surface area contributed by atoms with Gasteiger partial charge in [-0.2, -0.15) is 13.2 Å². The van der Waals surface area contributed by atoms with Crippen LogP contribution in [0.3, 0.4) is 0 Å². The van der Waals surface area contributed by atoms with Crippen LogP contribution in [-0.2, 0) is 9.53 Å². The van der Waals surface area contributed by atoms with Crippen LogP contribution in [0, 0.1) is 0 Å². The van der Waals surface area contributed by atoms with Crippen molar-refractivity contribution in [3.63, 3.8) is 0 Å². The van der Waals surface area contributed by atoms with Gasteiger partial charge in [-0.3, -0.25) is 4.79 Å². The van der Waals surface area contributed by atoms with Gasteiger partial charge in [-0.1, -0.05) is 30.3 Å². The van der Waals surface area contributed by atoms with Gasteiger partial charge in [-0.15, -0.1) is 0 Å². The highest BCUT2D eigenvalue weighted by molar-refractivity contribution is 5.99. The van der Waals surface area contributed by atoms with Crippen molar-refractivity contribution in [3.8, 4) is 0 Å². The van der Waals surface area contributed by atoms with Crippen LogP contribution < -0.4 is 0 Å². The smallest absolute Gasteiger partial charge is 0.454 e. The number of alkyl halides is 3. The summed E-state index contributed by atoms with van der Waals surface area (Å²) in [5.74, 6) is -2.00. The summed E-state index contributed by atoms with van der Waals surface area (Å²) in [5, 5.41) is 0. The number of ketones is 1. The van der Waals surface area contributed by atoms with Crippen LogP contribution in [0.25, 0.3) is 5.76 Å². The van der Waals surface area contributed by atoms with E-state index in [1.54, 1.807) is 37.3 Å². The van der Waals surface area contributed by atoms with Gasteiger partial charge in [0, 0.05) is 11.6 Å². The van der Waals surface area contributed by atoms with Crippen molar-refractivity contribution in [3.05, 3.63) is 42.0 Å². The Hall–Kier alpha value is -1.78. The number of hydrogen-bond acceptors (Lipinski definition) is 2. The van der Waals surface area contributed by atoms with Gasteiger partial charge in [-0.25, -0.2) is 0 Å². The van der Waals surface area contributed by atoms with Crippen molar-refractivity contribution < 1.29 is 22.7 Å². The zero-order chi connectivity index (χ0) is 12.9. The third-order valence-corrected chi connectivity index (χ3v) is 1.90. The molecule has 1 rings (SSSR count). The minimum atomic E-state index is -4.88. The Kier molecular flexibility index (Phi) is 4.31. The average molecular weight is 244 g/mol. The standard InChI is InChI=1S/C12H11F3O2/c1-2-17-10(8-11(16)12(13,14)15)9-6-4-3-5-7-9/h3-8H,2H2,1H3/b10-8+. The molecule has 17 heavy (non-hydrogen) atoms. The van der Waals surface area contributed by atoms with E-state index in [4.69, 9.17) is 4.74 Å². The Labute approximate surface area is 96.7 Å². The molecule has 0 aliphatic carbocycles. The SMILES string of the molecule is CCO/C(=C/C(=O)C(F)(F)F)c1ccccc1. The number of carbonyl (C=O) groups is 1. The van der Waals surface area contributed by atoms with E-state index < -0.39 is 12.0 Å². The van der Waals surface area contributed by atoms with E-state index in [0.29, 0.717) is 11.6 Å². The molecule has 0 atom stereocenters. The van der Waals surface area contributed by atoms with Gasteiger partial charge in [0.25, 0.3) is 5.78 Å². The number of benzene rings is 1. The number of halogens is 3.